The topological polar surface area (TPSA) is 75.7 Å². The van der Waals surface area contributed by atoms with Gasteiger partial charge in [0.15, 0.2) is 6.61 Å². The summed E-state index contributed by atoms with van der Waals surface area (Å²) in [6, 6.07) is 7.67. The number of ether oxygens (including phenoxy) is 1. The Morgan fingerprint density at radius 1 is 1.24 bits per heavy atom. The summed E-state index contributed by atoms with van der Waals surface area (Å²) in [4.78, 5) is 40.0. The van der Waals surface area contributed by atoms with Crippen molar-refractivity contribution in [2.24, 2.45) is 17.8 Å². The Morgan fingerprint density at radius 2 is 2.00 bits per heavy atom. The minimum Gasteiger partial charge on any atom is -0.455 e. The molecule has 4 atom stereocenters. The Morgan fingerprint density at radius 3 is 2.76 bits per heavy atom. The van der Waals surface area contributed by atoms with E-state index in [1.54, 1.807) is 0 Å². The van der Waals surface area contributed by atoms with E-state index in [1.807, 2.05) is 35.4 Å². The van der Waals surface area contributed by atoms with Gasteiger partial charge in [0.25, 0.3) is 5.91 Å². The molecular formula is C22H30N2O4S. The number of rotatable bonds is 6. The summed E-state index contributed by atoms with van der Waals surface area (Å²) < 4.78 is 5.23. The second-order valence-corrected chi connectivity index (χ2v) is 8.99. The number of para-hydroxylation sites is 1. The quantitative estimate of drug-likeness (QED) is 0.565. The summed E-state index contributed by atoms with van der Waals surface area (Å²) in [5.74, 6) is -0.291. The zero-order valence-corrected chi connectivity index (χ0v) is 18.2. The van der Waals surface area contributed by atoms with Gasteiger partial charge < -0.3 is 15.0 Å². The highest BCUT2D eigenvalue weighted by atomic mass is 32.2. The molecule has 2 amide bonds. The van der Waals surface area contributed by atoms with Gasteiger partial charge in [-0.3, -0.25) is 14.4 Å². The van der Waals surface area contributed by atoms with Crippen molar-refractivity contribution in [2.75, 3.05) is 24.7 Å². The average Bonchev–Trinajstić information content (AvgIpc) is 3.10. The first-order valence-electron chi connectivity index (χ1n) is 10.3. The second kappa shape index (κ2) is 9.65. The van der Waals surface area contributed by atoms with Crippen LogP contribution in [0.3, 0.4) is 0 Å². The number of anilines is 1. The number of hydrogen-bond acceptors (Lipinski definition) is 5. The molecule has 2 fully saturated rings. The number of nitrogens with one attached hydrogen (secondary N) is 1. The average molecular weight is 419 g/mol. The maximum Gasteiger partial charge on any atom is 0.311 e. The minimum absolute atomic E-state index is 0.0243. The van der Waals surface area contributed by atoms with Gasteiger partial charge in [-0.25, -0.2) is 0 Å². The van der Waals surface area contributed by atoms with Crippen LogP contribution in [0.4, 0.5) is 5.69 Å². The van der Waals surface area contributed by atoms with Crippen LogP contribution in [0.15, 0.2) is 29.2 Å². The predicted molar refractivity (Wildman–Crippen MR) is 114 cm³/mol. The van der Waals surface area contributed by atoms with Crippen molar-refractivity contribution in [3.05, 3.63) is 24.3 Å². The lowest BCUT2D eigenvalue weighted by Gasteiger charge is -2.39. The molecule has 1 aromatic rings. The Balaban J connectivity index is 1.51. The van der Waals surface area contributed by atoms with Crippen molar-refractivity contribution >= 4 is 35.2 Å². The molecule has 0 bridgehead atoms. The molecule has 0 unspecified atom stereocenters. The molecular weight excluding hydrogens is 388 g/mol. The van der Waals surface area contributed by atoms with E-state index in [9.17, 15) is 14.4 Å². The van der Waals surface area contributed by atoms with Gasteiger partial charge in [0.1, 0.15) is 0 Å². The van der Waals surface area contributed by atoms with E-state index in [4.69, 9.17) is 4.74 Å². The van der Waals surface area contributed by atoms with Crippen LogP contribution in [0.1, 0.15) is 39.5 Å². The standard InChI is InChI=1S/C22H30N2O4S/c1-14-7-6-9-18(15(14)2)24-12-16(11-21(24)26)22(27)28-13-20(25)23-17-8-4-5-10-19(17)29-3/h4-5,8,10,14-16,18H,6-7,9,11-13H2,1-3H3,(H,23,25)/t14-,15+,16+,18+/m0/s1. The van der Waals surface area contributed by atoms with Crippen molar-refractivity contribution in [1.29, 1.82) is 0 Å². The van der Waals surface area contributed by atoms with E-state index in [0.29, 0.717) is 24.1 Å². The van der Waals surface area contributed by atoms with Crippen LogP contribution in [-0.4, -0.2) is 48.1 Å². The highest BCUT2D eigenvalue weighted by molar-refractivity contribution is 7.98. The smallest absolute Gasteiger partial charge is 0.311 e. The van der Waals surface area contributed by atoms with Gasteiger partial charge in [-0.1, -0.05) is 38.8 Å². The number of benzene rings is 1. The van der Waals surface area contributed by atoms with Crippen LogP contribution in [0.25, 0.3) is 0 Å². The Bertz CT molecular complexity index is 769. The summed E-state index contributed by atoms with van der Waals surface area (Å²) in [5, 5.41) is 2.77. The van der Waals surface area contributed by atoms with E-state index in [0.717, 1.165) is 17.7 Å². The van der Waals surface area contributed by atoms with Crippen LogP contribution in [0.5, 0.6) is 0 Å². The molecule has 1 saturated heterocycles. The van der Waals surface area contributed by atoms with E-state index >= 15 is 0 Å². The summed E-state index contributed by atoms with van der Waals surface area (Å²) in [5.41, 5.74) is 0.698. The zero-order valence-electron chi connectivity index (χ0n) is 17.3. The summed E-state index contributed by atoms with van der Waals surface area (Å²) in [7, 11) is 0. The second-order valence-electron chi connectivity index (χ2n) is 8.14. The van der Waals surface area contributed by atoms with Gasteiger partial charge in [-0.15, -0.1) is 11.8 Å². The molecule has 1 aromatic carbocycles. The molecule has 1 aliphatic carbocycles. The predicted octanol–water partition coefficient (Wildman–Crippen LogP) is 3.56. The molecule has 3 rings (SSSR count). The number of thioether (sulfide) groups is 1. The Hall–Kier alpha value is -2.02. The van der Waals surface area contributed by atoms with Gasteiger partial charge in [0, 0.05) is 23.9 Å². The summed E-state index contributed by atoms with van der Waals surface area (Å²) in [6.45, 7) is 4.49. The SMILES string of the molecule is CSc1ccccc1NC(=O)COC(=O)[C@@H]1CC(=O)N([C@@H]2CCC[C@H](C)[C@H]2C)C1. The fourth-order valence-corrected chi connectivity index (χ4v) is 4.95. The monoisotopic (exact) mass is 418 g/mol. The van der Waals surface area contributed by atoms with E-state index < -0.39 is 11.9 Å². The van der Waals surface area contributed by atoms with Crippen LogP contribution in [-0.2, 0) is 19.1 Å². The maximum atomic E-state index is 12.5. The third kappa shape index (κ3) is 5.13. The van der Waals surface area contributed by atoms with E-state index in [2.05, 4.69) is 19.2 Å². The third-order valence-corrected chi connectivity index (χ3v) is 7.08. The molecule has 29 heavy (non-hydrogen) atoms. The van der Waals surface area contributed by atoms with E-state index in [1.165, 1.54) is 18.2 Å². The summed E-state index contributed by atoms with van der Waals surface area (Å²) in [6.07, 6.45) is 5.41. The van der Waals surface area contributed by atoms with E-state index in [-0.39, 0.29) is 30.9 Å². The third-order valence-electron chi connectivity index (χ3n) is 6.28. The van der Waals surface area contributed by atoms with Gasteiger partial charge in [0.05, 0.1) is 11.6 Å². The largest absolute Gasteiger partial charge is 0.455 e. The number of amides is 2. The van der Waals surface area contributed by atoms with Crippen molar-refractivity contribution in [1.82, 2.24) is 4.90 Å². The first-order valence-corrected chi connectivity index (χ1v) is 11.5. The highest BCUT2D eigenvalue weighted by Gasteiger charge is 2.42. The molecule has 6 nitrogen and oxygen atoms in total. The molecule has 1 aliphatic heterocycles. The first kappa shape index (κ1) is 21.7. The normalized spacial score (nSPS) is 27.0. The molecule has 7 heteroatoms. The first-order chi connectivity index (χ1) is 13.9. The number of hydrogen-bond donors (Lipinski definition) is 1. The lowest BCUT2D eigenvalue weighted by atomic mass is 9.77. The number of carbonyl (C=O) groups excluding carboxylic acids is 3. The molecule has 0 aromatic heterocycles. The fourth-order valence-electron chi connectivity index (χ4n) is 4.39. The van der Waals surface area contributed by atoms with Crippen molar-refractivity contribution in [2.45, 2.75) is 50.5 Å². The van der Waals surface area contributed by atoms with Crippen molar-refractivity contribution < 1.29 is 19.1 Å². The summed E-state index contributed by atoms with van der Waals surface area (Å²) >= 11 is 1.53. The Labute approximate surface area is 176 Å². The van der Waals surface area contributed by atoms with Crippen LogP contribution in [0.2, 0.25) is 0 Å². The molecule has 2 aliphatic rings. The molecule has 0 spiro atoms. The van der Waals surface area contributed by atoms with Gasteiger partial charge >= 0.3 is 5.97 Å². The van der Waals surface area contributed by atoms with Crippen LogP contribution in [0, 0.1) is 17.8 Å². The molecule has 158 valence electrons. The lowest BCUT2D eigenvalue weighted by Crippen LogP contribution is -2.45. The van der Waals surface area contributed by atoms with Crippen LogP contribution >= 0.6 is 11.8 Å². The van der Waals surface area contributed by atoms with Crippen molar-refractivity contribution in [3.63, 3.8) is 0 Å². The number of esters is 1. The zero-order chi connectivity index (χ0) is 21.0. The van der Waals surface area contributed by atoms with Crippen molar-refractivity contribution in [3.8, 4) is 0 Å². The molecule has 1 heterocycles. The maximum absolute atomic E-state index is 12.5. The number of likely N-dealkylation sites (tertiary alicyclic amines) is 1. The Kier molecular flexibility index (Phi) is 7.22. The molecule has 1 N–H and O–H groups in total. The lowest BCUT2D eigenvalue weighted by molar-refractivity contribution is -0.151. The number of nitrogens with zero attached hydrogens (tertiary/aromatic N) is 1. The molecule has 1 saturated carbocycles. The van der Waals surface area contributed by atoms with Gasteiger partial charge in [-0.2, -0.15) is 0 Å². The molecule has 0 radical (unpaired) electrons. The van der Waals surface area contributed by atoms with Gasteiger partial charge in [0.2, 0.25) is 5.91 Å². The van der Waals surface area contributed by atoms with Gasteiger partial charge in [-0.05, 0) is 36.6 Å². The number of carbonyl (C=O) groups is 3. The van der Waals surface area contributed by atoms with Crippen LogP contribution < -0.4 is 5.32 Å². The highest BCUT2D eigenvalue weighted by Crippen LogP contribution is 2.36. The minimum atomic E-state index is -0.488. The fraction of sp³-hybridized carbons (Fsp3) is 0.591.